The highest BCUT2D eigenvalue weighted by Crippen LogP contribution is 2.20. The van der Waals surface area contributed by atoms with E-state index in [2.05, 4.69) is 4.98 Å². The zero-order valence-electron chi connectivity index (χ0n) is 13.2. The first kappa shape index (κ1) is 15.1. The number of esters is 1. The van der Waals surface area contributed by atoms with Crippen molar-refractivity contribution in [2.45, 2.75) is 20.1 Å². The molecule has 23 heavy (non-hydrogen) atoms. The number of benzene rings is 2. The van der Waals surface area contributed by atoms with Crippen molar-refractivity contribution in [2.75, 3.05) is 7.11 Å². The van der Waals surface area contributed by atoms with E-state index in [1.807, 2.05) is 60.0 Å². The molecule has 1 heterocycles. The first-order chi connectivity index (χ1) is 11.2. The van der Waals surface area contributed by atoms with E-state index >= 15 is 0 Å². The molecular weight excluding hydrogens is 292 g/mol. The maximum absolute atomic E-state index is 11.7. The van der Waals surface area contributed by atoms with Crippen LogP contribution in [0, 0.1) is 6.92 Å². The summed E-state index contributed by atoms with van der Waals surface area (Å²) in [5.74, 6) is 1.19. The fraction of sp³-hybridized carbons (Fsp3) is 0.222. The standard InChI is InChI=1S/C18H18N2O3/c1-13-7-3-6-10-16(13)23-12-17-19-14-8-4-5-9-15(14)20(17)11-18(21)22-2/h3-10H,11-12H2,1-2H3. The lowest BCUT2D eigenvalue weighted by Gasteiger charge is -2.10. The van der Waals surface area contributed by atoms with Gasteiger partial charge in [0.15, 0.2) is 0 Å². The molecule has 0 aliphatic rings. The largest absolute Gasteiger partial charge is 0.485 e. The number of ether oxygens (including phenoxy) is 2. The van der Waals surface area contributed by atoms with Crippen molar-refractivity contribution in [1.82, 2.24) is 9.55 Å². The highest BCUT2D eigenvalue weighted by atomic mass is 16.5. The Morgan fingerprint density at radius 2 is 1.87 bits per heavy atom. The van der Waals surface area contributed by atoms with Crippen LogP contribution in [0.15, 0.2) is 48.5 Å². The van der Waals surface area contributed by atoms with Crippen molar-refractivity contribution in [3.05, 3.63) is 59.9 Å². The average Bonchev–Trinajstić information content (AvgIpc) is 2.92. The first-order valence-corrected chi connectivity index (χ1v) is 7.38. The Kier molecular flexibility index (Phi) is 4.28. The van der Waals surface area contributed by atoms with E-state index < -0.39 is 0 Å². The van der Waals surface area contributed by atoms with Gasteiger partial charge in [0.2, 0.25) is 0 Å². The lowest BCUT2D eigenvalue weighted by Crippen LogP contribution is -2.15. The summed E-state index contributed by atoms with van der Waals surface area (Å²) in [6.45, 7) is 2.40. The van der Waals surface area contributed by atoms with Crippen molar-refractivity contribution in [2.24, 2.45) is 0 Å². The highest BCUT2D eigenvalue weighted by molar-refractivity contribution is 5.78. The molecule has 0 spiro atoms. The average molecular weight is 310 g/mol. The number of aryl methyl sites for hydroxylation is 1. The van der Waals surface area contributed by atoms with Crippen molar-refractivity contribution in [3.8, 4) is 5.75 Å². The normalized spacial score (nSPS) is 10.7. The topological polar surface area (TPSA) is 53.4 Å². The fourth-order valence-corrected chi connectivity index (χ4v) is 2.47. The molecule has 0 saturated carbocycles. The third-order valence-corrected chi connectivity index (χ3v) is 3.70. The number of carbonyl (C=O) groups is 1. The van der Waals surface area contributed by atoms with Crippen LogP contribution in [0.25, 0.3) is 11.0 Å². The van der Waals surface area contributed by atoms with Gasteiger partial charge in [-0.2, -0.15) is 0 Å². The third-order valence-electron chi connectivity index (χ3n) is 3.70. The van der Waals surface area contributed by atoms with Crippen LogP contribution in [0.2, 0.25) is 0 Å². The van der Waals surface area contributed by atoms with Gasteiger partial charge in [0.05, 0.1) is 18.1 Å². The maximum Gasteiger partial charge on any atom is 0.325 e. The van der Waals surface area contributed by atoms with Gasteiger partial charge in [0.25, 0.3) is 0 Å². The van der Waals surface area contributed by atoms with E-state index in [1.165, 1.54) is 7.11 Å². The van der Waals surface area contributed by atoms with E-state index in [9.17, 15) is 4.79 Å². The number of aromatic nitrogens is 2. The van der Waals surface area contributed by atoms with Crippen LogP contribution < -0.4 is 4.74 Å². The van der Waals surface area contributed by atoms with Gasteiger partial charge in [-0.1, -0.05) is 30.3 Å². The number of methoxy groups -OCH3 is 1. The maximum atomic E-state index is 11.7. The molecule has 0 N–H and O–H groups in total. The quantitative estimate of drug-likeness (QED) is 0.680. The molecule has 1 aromatic heterocycles. The van der Waals surface area contributed by atoms with Crippen LogP contribution in [0.1, 0.15) is 11.4 Å². The fourth-order valence-electron chi connectivity index (χ4n) is 2.47. The molecule has 5 heteroatoms. The first-order valence-electron chi connectivity index (χ1n) is 7.38. The molecule has 0 amide bonds. The molecule has 0 bridgehead atoms. The summed E-state index contributed by atoms with van der Waals surface area (Å²) in [6, 6.07) is 15.5. The molecule has 3 rings (SSSR count). The minimum absolute atomic E-state index is 0.115. The van der Waals surface area contributed by atoms with Gasteiger partial charge in [-0.15, -0.1) is 0 Å². The molecule has 2 aromatic carbocycles. The number of rotatable bonds is 5. The van der Waals surface area contributed by atoms with Gasteiger partial charge in [-0.3, -0.25) is 4.79 Å². The van der Waals surface area contributed by atoms with Gasteiger partial charge in [-0.05, 0) is 30.7 Å². The van der Waals surface area contributed by atoms with E-state index in [-0.39, 0.29) is 19.1 Å². The van der Waals surface area contributed by atoms with Crippen molar-refractivity contribution < 1.29 is 14.3 Å². The third kappa shape index (κ3) is 3.18. The summed E-state index contributed by atoms with van der Waals surface area (Å²) in [5, 5.41) is 0. The Labute approximate surface area is 134 Å². The molecule has 0 radical (unpaired) electrons. The van der Waals surface area contributed by atoms with Crippen LogP contribution in [0.3, 0.4) is 0 Å². The predicted molar refractivity (Wildman–Crippen MR) is 87.3 cm³/mol. The summed E-state index contributed by atoms with van der Waals surface area (Å²) in [5.41, 5.74) is 2.78. The van der Waals surface area contributed by atoms with Crippen molar-refractivity contribution >= 4 is 17.0 Å². The zero-order chi connectivity index (χ0) is 16.2. The second-order valence-electron chi connectivity index (χ2n) is 5.23. The van der Waals surface area contributed by atoms with Crippen LogP contribution in [0.5, 0.6) is 5.75 Å². The second-order valence-corrected chi connectivity index (χ2v) is 5.23. The van der Waals surface area contributed by atoms with E-state index in [0.29, 0.717) is 5.82 Å². The molecule has 118 valence electrons. The summed E-state index contributed by atoms with van der Waals surface area (Å²) in [6.07, 6.45) is 0. The van der Waals surface area contributed by atoms with E-state index in [4.69, 9.17) is 9.47 Å². The highest BCUT2D eigenvalue weighted by Gasteiger charge is 2.14. The number of fused-ring (bicyclic) bond motifs is 1. The Morgan fingerprint density at radius 3 is 2.65 bits per heavy atom. The van der Waals surface area contributed by atoms with Gasteiger partial charge in [0, 0.05) is 0 Å². The van der Waals surface area contributed by atoms with Gasteiger partial charge in [-0.25, -0.2) is 4.98 Å². The van der Waals surface area contributed by atoms with Gasteiger partial charge in [0.1, 0.15) is 24.7 Å². The minimum atomic E-state index is -0.315. The predicted octanol–water partition coefficient (Wildman–Crippen LogP) is 3.10. The molecule has 0 atom stereocenters. The lowest BCUT2D eigenvalue weighted by atomic mass is 10.2. The molecule has 0 aliphatic heterocycles. The Bertz CT molecular complexity index is 839. The van der Waals surface area contributed by atoms with Gasteiger partial charge >= 0.3 is 5.97 Å². The Hall–Kier alpha value is -2.82. The second kappa shape index (κ2) is 6.52. The summed E-state index contributed by atoms with van der Waals surface area (Å²) >= 11 is 0. The molecule has 0 aliphatic carbocycles. The molecular formula is C18H18N2O3. The number of para-hydroxylation sites is 3. The van der Waals surface area contributed by atoms with Crippen LogP contribution in [0.4, 0.5) is 0 Å². The number of hydrogen-bond donors (Lipinski definition) is 0. The minimum Gasteiger partial charge on any atom is -0.485 e. The molecule has 0 unspecified atom stereocenters. The molecule has 0 fully saturated rings. The number of imidazole rings is 1. The number of carbonyl (C=O) groups excluding carboxylic acids is 1. The van der Waals surface area contributed by atoms with Crippen LogP contribution >= 0.6 is 0 Å². The van der Waals surface area contributed by atoms with Crippen molar-refractivity contribution in [1.29, 1.82) is 0 Å². The van der Waals surface area contributed by atoms with Crippen LogP contribution in [-0.4, -0.2) is 22.6 Å². The summed E-state index contributed by atoms with van der Waals surface area (Å²) in [7, 11) is 1.38. The smallest absolute Gasteiger partial charge is 0.325 e. The Balaban J connectivity index is 1.91. The lowest BCUT2D eigenvalue weighted by molar-refractivity contribution is -0.141. The summed E-state index contributed by atoms with van der Waals surface area (Å²) in [4.78, 5) is 16.3. The molecule has 5 nitrogen and oxygen atoms in total. The van der Waals surface area contributed by atoms with Crippen LogP contribution in [-0.2, 0) is 22.7 Å². The monoisotopic (exact) mass is 310 g/mol. The van der Waals surface area contributed by atoms with Gasteiger partial charge < -0.3 is 14.0 Å². The molecule has 3 aromatic rings. The molecule has 0 saturated heterocycles. The Morgan fingerprint density at radius 1 is 1.13 bits per heavy atom. The number of hydrogen-bond acceptors (Lipinski definition) is 4. The van der Waals surface area contributed by atoms with E-state index in [1.54, 1.807) is 0 Å². The van der Waals surface area contributed by atoms with E-state index in [0.717, 1.165) is 22.3 Å². The number of nitrogens with zero attached hydrogens (tertiary/aromatic N) is 2. The summed E-state index contributed by atoms with van der Waals surface area (Å²) < 4.78 is 12.5. The zero-order valence-corrected chi connectivity index (χ0v) is 13.2. The SMILES string of the molecule is COC(=O)Cn1c(COc2ccccc2C)nc2ccccc21. The van der Waals surface area contributed by atoms with Crippen molar-refractivity contribution in [3.63, 3.8) is 0 Å².